The molecular weight excluding hydrogens is 162 g/mol. The number of allylic oxidation sites excluding steroid dienone is 1. The highest BCUT2D eigenvalue weighted by Gasteiger charge is 2.21. The summed E-state index contributed by atoms with van der Waals surface area (Å²) < 4.78 is 0. The number of hydrogen-bond donors (Lipinski definition) is 0. The Balaban J connectivity index is 2.59. The van der Waals surface area contributed by atoms with Crippen molar-refractivity contribution in [2.75, 3.05) is 0 Å². The summed E-state index contributed by atoms with van der Waals surface area (Å²) in [4.78, 5) is 15.6. The molecule has 0 saturated heterocycles. The monoisotopic (exact) mass is 173 g/mol. The molecule has 2 rings (SSSR count). The smallest absolute Gasteiger partial charge is 0.164 e. The molecule has 0 atom stereocenters. The fourth-order valence-electron chi connectivity index (χ4n) is 1.73. The fraction of sp³-hybridized carbons (Fsp3) is 0.273. The lowest BCUT2D eigenvalue weighted by Crippen LogP contribution is -1.95. The van der Waals surface area contributed by atoms with E-state index < -0.39 is 0 Å². The molecule has 1 aliphatic carbocycles. The van der Waals surface area contributed by atoms with Gasteiger partial charge in [0.15, 0.2) is 5.78 Å². The summed E-state index contributed by atoms with van der Waals surface area (Å²) >= 11 is 0. The van der Waals surface area contributed by atoms with Gasteiger partial charge in [0.2, 0.25) is 0 Å². The third-order valence-electron chi connectivity index (χ3n) is 2.30. The van der Waals surface area contributed by atoms with Crippen LogP contribution in [0.15, 0.2) is 18.5 Å². The Morgan fingerprint density at radius 2 is 2.23 bits per heavy atom. The van der Waals surface area contributed by atoms with Crippen molar-refractivity contribution >= 4 is 11.9 Å². The van der Waals surface area contributed by atoms with Gasteiger partial charge in [0.1, 0.15) is 0 Å². The molecule has 0 saturated carbocycles. The van der Waals surface area contributed by atoms with Crippen molar-refractivity contribution in [1.82, 2.24) is 4.98 Å². The van der Waals surface area contributed by atoms with Crippen molar-refractivity contribution in [3.63, 3.8) is 0 Å². The average Bonchev–Trinajstić information content (AvgIpc) is 2.50. The number of nitrogens with zero attached hydrogens (tertiary/aromatic N) is 1. The Hall–Kier alpha value is -1.44. The zero-order valence-corrected chi connectivity index (χ0v) is 7.58. The maximum Gasteiger partial charge on any atom is 0.164 e. The van der Waals surface area contributed by atoms with Gasteiger partial charge in [-0.3, -0.25) is 9.78 Å². The molecule has 66 valence electrons. The number of Topliss-reactive ketones (excluding diaryl/α,β-unsaturated/α-hetero) is 1. The zero-order chi connectivity index (χ0) is 9.26. The van der Waals surface area contributed by atoms with Crippen LogP contribution in [-0.2, 0) is 6.42 Å². The Labute approximate surface area is 77.3 Å². The van der Waals surface area contributed by atoms with Crippen molar-refractivity contribution in [1.29, 1.82) is 0 Å². The molecule has 0 unspecified atom stereocenters. The van der Waals surface area contributed by atoms with Gasteiger partial charge in [0.05, 0.1) is 0 Å². The first kappa shape index (κ1) is 8.17. The van der Waals surface area contributed by atoms with Gasteiger partial charge in [-0.2, -0.15) is 0 Å². The first-order valence-corrected chi connectivity index (χ1v) is 4.45. The number of carbonyl (C=O) groups excluding carboxylic acids is 1. The molecule has 1 aliphatic rings. The number of carbonyl (C=O) groups is 1. The summed E-state index contributed by atoms with van der Waals surface area (Å²) in [7, 11) is 0. The van der Waals surface area contributed by atoms with Crippen LogP contribution in [0.4, 0.5) is 0 Å². The summed E-state index contributed by atoms with van der Waals surface area (Å²) in [6.45, 7) is 1.94. The van der Waals surface area contributed by atoms with Gasteiger partial charge in [0.25, 0.3) is 0 Å². The number of fused-ring (bicyclic) bond motifs is 1. The Kier molecular flexibility index (Phi) is 1.97. The first-order valence-electron chi connectivity index (χ1n) is 4.45. The van der Waals surface area contributed by atoms with Gasteiger partial charge in [-0.15, -0.1) is 0 Å². The zero-order valence-electron chi connectivity index (χ0n) is 7.58. The number of rotatable bonds is 1. The van der Waals surface area contributed by atoms with E-state index in [2.05, 4.69) is 4.98 Å². The summed E-state index contributed by atoms with van der Waals surface area (Å²) in [6.07, 6.45) is 8.92. The predicted molar refractivity (Wildman–Crippen MR) is 51.6 cm³/mol. The van der Waals surface area contributed by atoms with Gasteiger partial charge in [-0.1, -0.05) is 12.2 Å². The predicted octanol–water partition coefficient (Wildman–Crippen LogP) is 2.24. The van der Waals surface area contributed by atoms with E-state index in [1.807, 2.05) is 19.1 Å². The van der Waals surface area contributed by atoms with Crippen molar-refractivity contribution in [2.45, 2.75) is 19.8 Å². The van der Waals surface area contributed by atoms with Crippen LogP contribution in [0.3, 0.4) is 0 Å². The second-order valence-corrected chi connectivity index (χ2v) is 3.19. The Morgan fingerprint density at radius 3 is 3.00 bits per heavy atom. The molecule has 0 aromatic carbocycles. The minimum Gasteiger partial charge on any atom is -0.294 e. The lowest BCUT2D eigenvalue weighted by Gasteiger charge is -2.00. The fourth-order valence-corrected chi connectivity index (χ4v) is 1.73. The topological polar surface area (TPSA) is 30.0 Å². The standard InChI is InChI=1S/C11H11NO/c1-2-3-8-6-12-7-9-4-5-10(13)11(8)9/h2-3,6-7H,4-5H2,1H3. The average molecular weight is 173 g/mol. The minimum absolute atomic E-state index is 0.255. The highest BCUT2D eigenvalue weighted by molar-refractivity contribution is 6.03. The molecule has 0 amide bonds. The maximum atomic E-state index is 11.5. The van der Waals surface area contributed by atoms with Crippen LogP contribution < -0.4 is 0 Å². The van der Waals surface area contributed by atoms with Crippen LogP contribution in [0.2, 0.25) is 0 Å². The molecule has 1 aromatic heterocycles. The molecule has 0 radical (unpaired) electrons. The largest absolute Gasteiger partial charge is 0.294 e. The SMILES string of the molecule is CC=Cc1cncc2c1C(=O)CC2. The molecule has 0 aliphatic heterocycles. The van der Waals surface area contributed by atoms with Crippen LogP contribution in [0.5, 0.6) is 0 Å². The highest BCUT2D eigenvalue weighted by Crippen LogP contribution is 2.24. The van der Waals surface area contributed by atoms with Crippen LogP contribution in [0, 0.1) is 0 Å². The van der Waals surface area contributed by atoms with E-state index in [1.54, 1.807) is 12.4 Å². The summed E-state index contributed by atoms with van der Waals surface area (Å²) in [5.74, 6) is 0.255. The molecule has 0 spiro atoms. The van der Waals surface area contributed by atoms with Gasteiger partial charge >= 0.3 is 0 Å². The van der Waals surface area contributed by atoms with Crippen molar-refractivity contribution in [3.8, 4) is 0 Å². The van der Waals surface area contributed by atoms with E-state index in [9.17, 15) is 4.79 Å². The van der Waals surface area contributed by atoms with E-state index >= 15 is 0 Å². The second kappa shape index (κ2) is 3.13. The van der Waals surface area contributed by atoms with Gasteiger partial charge in [0, 0.05) is 29.9 Å². The van der Waals surface area contributed by atoms with Crippen molar-refractivity contribution in [2.24, 2.45) is 0 Å². The number of aryl methyl sites for hydroxylation is 1. The van der Waals surface area contributed by atoms with Crippen LogP contribution in [0.25, 0.3) is 6.08 Å². The molecule has 0 N–H and O–H groups in total. The van der Waals surface area contributed by atoms with Gasteiger partial charge in [-0.25, -0.2) is 0 Å². The van der Waals surface area contributed by atoms with E-state index in [0.29, 0.717) is 6.42 Å². The number of pyridine rings is 1. The third-order valence-corrected chi connectivity index (χ3v) is 2.30. The normalized spacial score (nSPS) is 15.3. The van der Waals surface area contributed by atoms with Crippen LogP contribution in [0.1, 0.15) is 34.8 Å². The molecule has 0 fully saturated rings. The molecule has 13 heavy (non-hydrogen) atoms. The van der Waals surface area contributed by atoms with Crippen LogP contribution >= 0.6 is 0 Å². The third kappa shape index (κ3) is 1.28. The van der Waals surface area contributed by atoms with Gasteiger partial charge < -0.3 is 0 Å². The quantitative estimate of drug-likeness (QED) is 0.652. The highest BCUT2D eigenvalue weighted by atomic mass is 16.1. The first-order chi connectivity index (χ1) is 6.33. The van der Waals surface area contributed by atoms with Gasteiger partial charge in [-0.05, 0) is 18.9 Å². The van der Waals surface area contributed by atoms with E-state index in [0.717, 1.165) is 23.1 Å². The van der Waals surface area contributed by atoms with E-state index in [-0.39, 0.29) is 5.78 Å². The second-order valence-electron chi connectivity index (χ2n) is 3.19. The van der Waals surface area contributed by atoms with E-state index in [1.165, 1.54) is 0 Å². The summed E-state index contributed by atoms with van der Waals surface area (Å²) in [5, 5.41) is 0. The lowest BCUT2D eigenvalue weighted by molar-refractivity contribution is 0.0994. The summed E-state index contributed by atoms with van der Waals surface area (Å²) in [5.41, 5.74) is 2.94. The lowest BCUT2D eigenvalue weighted by atomic mass is 10.1. The molecular formula is C11H11NO. The minimum atomic E-state index is 0.255. The van der Waals surface area contributed by atoms with Crippen LogP contribution in [-0.4, -0.2) is 10.8 Å². The molecule has 1 aromatic rings. The number of aromatic nitrogens is 1. The molecule has 2 nitrogen and oxygen atoms in total. The van der Waals surface area contributed by atoms with Crippen molar-refractivity contribution < 1.29 is 4.79 Å². The molecule has 1 heterocycles. The van der Waals surface area contributed by atoms with Crippen molar-refractivity contribution in [3.05, 3.63) is 35.2 Å². The number of ketones is 1. The van der Waals surface area contributed by atoms with E-state index in [4.69, 9.17) is 0 Å². The molecule has 2 heteroatoms. The summed E-state index contributed by atoms with van der Waals surface area (Å²) in [6, 6.07) is 0. The number of hydrogen-bond acceptors (Lipinski definition) is 2. The molecule has 0 bridgehead atoms. The Bertz CT molecular complexity index is 380. The Morgan fingerprint density at radius 1 is 1.38 bits per heavy atom. The maximum absolute atomic E-state index is 11.5.